The SMILES string of the molecule is CC(=C=C(F)c1ccccc1)CCc1ccccc1. The van der Waals surface area contributed by atoms with Crippen LogP contribution >= 0.6 is 0 Å². The standard InChI is InChI=1S/C18H17F/c1-15(12-13-16-8-4-2-5-9-16)14-18(19)17-10-6-3-7-11-17/h2-11H,12-13H2,1H3. The Morgan fingerprint density at radius 2 is 1.53 bits per heavy atom. The Morgan fingerprint density at radius 3 is 2.16 bits per heavy atom. The molecule has 0 N–H and O–H groups in total. The van der Waals surface area contributed by atoms with Crippen molar-refractivity contribution in [3.05, 3.63) is 83.1 Å². The second-order valence-corrected chi connectivity index (χ2v) is 4.57. The molecule has 1 heteroatoms. The van der Waals surface area contributed by atoms with Gasteiger partial charge in [-0.1, -0.05) is 66.4 Å². The van der Waals surface area contributed by atoms with Crippen LogP contribution in [0.25, 0.3) is 5.83 Å². The van der Waals surface area contributed by atoms with Crippen LogP contribution in [0.2, 0.25) is 0 Å². The lowest BCUT2D eigenvalue weighted by molar-refractivity contribution is 0.760. The van der Waals surface area contributed by atoms with Crippen molar-refractivity contribution < 1.29 is 4.39 Å². The molecular formula is C18H17F. The van der Waals surface area contributed by atoms with Crippen LogP contribution in [0.4, 0.5) is 4.39 Å². The molecule has 0 fully saturated rings. The highest BCUT2D eigenvalue weighted by molar-refractivity contribution is 5.58. The minimum absolute atomic E-state index is 0.286. The van der Waals surface area contributed by atoms with Gasteiger partial charge in [-0.2, -0.15) is 4.39 Å². The van der Waals surface area contributed by atoms with Crippen molar-refractivity contribution in [1.82, 2.24) is 0 Å². The lowest BCUT2D eigenvalue weighted by atomic mass is 10.1. The highest BCUT2D eigenvalue weighted by Crippen LogP contribution is 2.16. The quantitative estimate of drug-likeness (QED) is 0.658. The molecule has 2 aromatic rings. The fourth-order valence-corrected chi connectivity index (χ4v) is 1.88. The number of benzene rings is 2. The van der Waals surface area contributed by atoms with Gasteiger partial charge in [0.1, 0.15) is 0 Å². The van der Waals surface area contributed by atoms with E-state index in [0.717, 1.165) is 18.4 Å². The van der Waals surface area contributed by atoms with Crippen molar-refractivity contribution in [2.75, 3.05) is 0 Å². The Labute approximate surface area is 113 Å². The minimum atomic E-state index is -0.286. The molecule has 0 spiro atoms. The van der Waals surface area contributed by atoms with Crippen LogP contribution < -0.4 is 0 Å². The van der Waals surface area contributed by atoms with Crippen LogP contribution in [0.1, 0.15) is 24.5 Å². The van der Waals surface area contributed by atoms with Crippen molar-refractivity contribution in [3.8, 4) is 0 Å². The Hall–Kier alpha value is -2.11. The third-order valence-electron chi connectivity index (χ3n) is 2.98. The van der Waals surface area contributed by atoms with E-state index in [4.69, 9.17) is 0 Å². The maximum Gasteiger partial charge on any atom is 0.172 e. The molecule has 0 radical (unpaired) electrons. The summed E-state index contributed by atoms with van der Waals surface area (Å²) in [5.74, 6) is -0.286. The summed E-state index contributed by atoms with van der Waals surface area (Å²) >= 11 is 0. The van der Waals surface area contributed by atoms with Gasteiger partial charge in [0, 0.05) is 5.56 Å². The van der Waals surface area contributed by atoms with Gasteiger partial charge >= 0.3 is 0 Å². The highest BCUT2D eigenvalue weighted by atomic mass is 19.1. The largest absolute Gasteiger partial charge is 0.197 e. The third-order valence-corrected chi connectivity index (χ3v) is 2.98. The fraction of sp³-hybridized carbons (Fsp3) is 0.167. The summed E-state index contributed by atoms with van der Waals surface area (Å²) < 4.78 is 13.9. The van der Waals surface area contributed by atoms with Crippen LogP contribution in [0.5, 0.6) is 0 Å². The van der Waals surface area contributed by atoms with Crippen LogP contribution in [0.15, 0.2) is 72.0 Å². The van der Waals surface area contributed by atoms with E-state index in [1.807, 2.05) is 43.3 Å². The number of allylic oxidation sites excluding steroid dienone is 1. The van der Waals surface area contributed by atoms with Gasteiger partial charge in [0.05, 0.1) is 0 Å². The van der Waals surface area contributed by atoms with E-state index < -0.39 is 0 Å². The first-order chi connectivity index (χ1) is 9.25. The summed E-state index contributed by atoms with van der Waals surface area (Å²) in [6.07, 6.45) is 1.74. The van der Waals surface area contributed by atoms with Crippen molar-refractivity contribution in [2.24, 2.45) is 0 Å². The van der Waals surface area contributed by atoms with Gasteiger partial charge in [0.2, 0.25) is 0 Å². The monoisotopic (exact) mass is 252 g/mol. The predicted octanol–water partition coefficient (Wildman–Crippen LogP) is 5.18. The summed E-state index contributed by atoms with van der Waals surface area (Å²) in [5, 5.41) is 0. The molecule has 2 rings (SSSR count). The second-order valence-electron chi connectivity index (χ2n) is 4.57. The molecule has 0 saturated carbocycles. The summed E-state index contributed by atoms with van der Waals surface area (Å²) in [7, 11) is 0. The van der Waals surface area contributed by atoms with Crippen LogP contribution in [-0.4, -0.2) is 0 Å². The lowest BCUT2D eigenvalue weighted by Gasteiger charge is -2.00. The van der Waals surface area contributed by atoms with Crippen LogP contribution in [0.3, 0.4) is 0 Å². The van der Waals surface area contributed by atoms with Gasteiger partial charge in [0.25, 0.3) is 0 Å². The molecule has 0 aliphatic heterocycles. The van der Waals surface area contributed by atoms with E-state index in [1.54, 1.807) is 12.1 Å². The summed E-state index contributed by atoms with van der Waals surface area (Å²) in [5.41, 5.74) is 5.62. The molecule has 0 nitrogen and oxygen atoms in total. The van der Waals surface area contributed by atoms with Gasteiger partial charge in [-0.3, -0.25) is 0 Å². The molecule has 0 heterocycles. The second kappa shape index (κ2) is 6.72. The average Bonchev–Trinajstić information content (AvgIpc) is 2.47. The predicted molar refractivity (Wildman–Crippen MR) is 78.4 cm³/mol. The van der Waals surface area contributed by atoms with E-state index in [2.05, 4.69) is 17.9 Å². The minimum Gasteiger partial charge on any atom is -0.197 e. The zero-order valence-electron chi connectivity index (χ0n) is 11.1. The topological polar surface area (TPSA) is 0 Å². The number of hydrogen-bond donors (Lipinski definition) is 0. The first-order valence-electron chi connectivity index (χ1n) is 6.47. The number of hydrogen-bond acceptors (Lipinski definition) is 0. The summed E-state index contributed by atoms with van der Waals surface area (Å²) in [6, 6.07) is 19.3. The van der Waals surface area contributed by atoms with Gasteiger partial charge < -0.3 is 0 Å². The van der Waals surface area contributed by atoms with Crippen molar-refractivity contribution in [1.29, 1.82) is 0 Å². The zero-order chi connectivity index (χ0) is 13.5. The van der Waals surface area contributed by atoms with E-state index in [0.29, 0.717) is 5.56 Å². The first-order valence-corrected chi connectivity index (χ1v) is 6.47. The van der Waals surface area contributed by atoms with Crippen molar-refractivity contribution in [2.45, 2.75) is 19.8 Å². The molecule has 0 aliphatic rings. The number of aryl methyl sites for hydroxylation is 1. The molecule has 2 aromatic carbocycles. The van der Waals surface area contributed by atoms with Crippen LogP contribution in [-0.2, 0) is 6.42 Å². The first kappa shape index (κ1) is 13.3. The third kappa shape index (κ3) is 4.24. The van der Waals surface area contributed by atoms with E-state index in [1.165, 1.54) is 5.56 Å². The molecule has 0 aromatic heterocycles. The van der Waals surface area contributed by atoms with E-state index in [-0.39, 0.29) is 5.83 Å². The smallest absolute Gasteiger partial charge is 0.172 e. The maximum absolute atomic E-state index is 13.9. The van der Waals surface area contributed by atoms with Gasteiger partial charge in [-0.15, -0.1) is 0 Å². The highest BCUT2D eigenvalue weighted by Gasteiger charge is 1.98. The zero-order valence-corrected chi connectivity index (χ0v) is 11.1. The van der Waals surface area contributed by atoms with Crippen LogP contribution in [0, 0.1) is 0 Å². The Balaban J connectivity index is 2.06. The fourth-order valence-electron chi connectivity index (χ4n) is 1.88. The van der Waals surface area contributed by atoms with Crippen molar-refractivity contribution in [3.63, 3.8) is 0 Å². The van der Waals surface area contributed by atoms with E-state index >= 15 is 0 Å². The van der Waals surface area contributed by atoms with Gasteiger partial charge in [-0.05, 0) is 30.9 Å². The number of halogens is 1. The molecule has 0 atom stereocenters. The molecule has 0 saturated heterocycles. The van der Waals surface area contributed by atoms with E-state index in [9.17, 15) is 4.39 Å². The molecule has 0 aliphatic carbocycles. The Bertz CT molecular complexity index is 576. The average molecular weight is 252 g/mol. The molecule has 0 bridgehead atoms. The Morgan fingerprint density at radius 1 is 0.947 bits per heavy atom. The maximum atomic E-state index is 13.9. The molecule has 0 amide bonds. The summed E-state index contributed by atoms with van der Waals surface area (Å²) in [4.78, 5) is 0. The van der Waals surface area contributed by atoms with Gasteiger partial charge in [0.15, 0.2) is 5.83 Å². The van der Waals surface area contributed by atoms with Gasteiger partial charge in [-0.25, -0.2) is 0 Å². The molecule has 0 unspecified atom stereocenters. The van der Waals surface area contributed by atoms with Crippen molar-refractivity contribution >= 4 is 5.83 Å². The molecular weight excluding hydrogens is 235 g/mol. The summed E-state index contributed by atoms with van der Waals surface area (Å²) in [6.45, 7) is 1.92. The lowest BCUT2D eigenvalue weighted by Crippen LogP contribution is -1.85. The molecule has 19 heavy (non-hydrogen) atoms. The normalized spacial score (nSPS) is 9.79. The Kier molecular flexibility index (Phi) is 4.72. The number of rotatable bonds is 4. The molecule has 96 valence electrons.